The highest BCUT2D eigenvalue weighted by atomic mass is 15.2. The molecule has 2 heterocycles. The maximum absolute atomic E-state index is 5.56. The molecule has 0 amide bonds. The molecular formula is C35H49N3. The number of rotatable bonds is 10. The normalized spacial score (nSPS) is 19.2. The SMILES string of the molecule is CCCCn1c(-c2c(CC)cccc2CC)nc(-c2ccccc2)c1CN1CCCCC1C1CCCCC1. The maximum atomic E-state index is 5.56. The molecule has 1 aliphatic heterocycles. The Balaban J connectivity index is 1.64. The van der Waals surface area contributed by atoms with Gasteiger partial charge in [-0.25, -0.2) is 4.98 Å². The fraction of sp³-hybridized carbons (Fsp3) is 0.571. The van der Waals surface area contributed by atoms with E-state index >= 15 is 0 Å². The first-order chi connectivity index (χ1) is 18.7. The number of hydrogen-bond donors (Lipinski definition) is 0. The van der Waals surface area contributed by atoms with Crippen LogP contribution in [0, 0.1) is 5.92 Å². The number of unbranched alkanes of at least 4 members (excludes halogenated alkanes) is 1. The third-order valence-electron chi connectivity index (χ3n) is 9.29. The van der Waals surface area contributed by atoms with Crippen molar-refractivity contribution in [2.24, 2.45) is 5.92 Å². The summed E-state index contributed by atoms with van der Waals surface area (Å²) < 4.78 is 2.64. The number of hydrogen-bond acceptors (Lipinski definition) is 2. The molecule has 38 heavy (non-hydrogen) atoms. The first-order valence-electron chi connectivity index (χ1n) is 15.7. The molecule has 0 N–H and O–H groups in total. The van der Waals surface area contributed by atoms with E-state index in [1.807, 2.05) is 0 Å². The van der Waals surface area contributed by atoms with E-state index in [4.69, 9.17) is 4.98 Å². The fourth-order valence-corrected chi connectivity index (χ4v) is 7.21. The van der Waals surface area contributed by atoms with Crippen LogP contribution in [0.25, 0.3) is 22.6 Å². The van der Waals surface area contributed by atoms with Crippen LogP contribution in [-0.4, -0.2) is 27.0 Å². The smallest absolute Gasteiger partial charge is 0.141 e. The Morgan fingerprint density at radius 1 is 0.789 bits per heavy atom. The lowest BCUT2D eigenvalue weighted by Gasteiger charge is -2.42. The minimum atomic E-state index is 0.736. The van der Waals surface area contributed by atoms with Gasteiger partial charge in [0.05, 0.1) is 11.4 Å². The standard InChI is InChI=1S/C35H49N3/c1-4-7-25-38-32(26-37-24-15-14-23-31(37)29-17-10-8-11-18-29)34(30-19-12-9-13-20-30)36-35(38)33-27(5-2)21-16-22-28(33)6-3/h9,12-13,16,19-22,29,31H,4-8,10-11,14-15,17-18,23-26H2,1-3H3. The van der Waals surface area contributed by atoms with Gasteiger partial charge >= 0.3 is 0 Å². The summed E-state index contributed by atoms with van der Waals surface area (Å²) in [6.45, 7) is 10.2. The van der Waals surface area contributed by atoms with E-state index in [9.17, 15) is 0 Å². The summed E-state index contributed by atoms with van der Waals surface area (Å²) in [5.74, 6) is 2.08. The predicted molar refractivity (Wildman–Crippen MR) is 161 cm³/mol. The third-order valence-corrected chi connectivity index (χ3v) is 9.29. The van der Waals surface area contributed by atoms with Gasteiger partial charge < -0.3 is 4.57 Å². The van der Waals surface area contributed by atoms with Crippen molar-refractivity contribution in [3.63, 3.8) is 0 Å². The van der Waals surface area contributed by atoms with E-state index in [0.29, 0.717) is 0 Å². The Bertz CT molecular complexity index is 1130. The van der Waals surface area contributed by atoms with E-state index in [1.54, 1.807) is 0 Å². The summed E-state index contributed by atoms with van der Waals surface area (Å²) >= 11 is 0. The number of aromatic nitrogens is 2. The molecule has 1 saturated heterocycles. The van der Waals surface area contributed by atoms with Gasteiger partial charge in [0.15, 0.2) is 0 Å². The topological polar surface area (TPSA) is 21.1 Å². The Labute approximate surface area is 231 Å². The van der Waals surface area contributed by atoms with Gasteiger partial charge in [0.1, 0.15) is 5.82 Å². The van der Waals surface area contributed by atoms with Crippen LogP contribution >= 0.6 is 0 Å². The first-order valence-corrected chi connectivity index (χ1v) is 15.7. The molecule has 0 bridgehead atoms. The van der Waals surface area contributed by atoms with Crippen LogP contribution in [-0.2, 0) is 25.9 Å². The molecule has 2 aliphatic rings. The lowest BCUT2D eigenvalue weighted by Crippen LogP contribution is -2.44. The summed E-state index contributed by atoms with van der Waals surface area (Å²) in [5.41, 5.74) is 8.15. The van der Waals surface area contributed by atoms with E-state index in [0.717, 1.165) is 37.9 Å². The predicted octanol–water partition coefficient (Wildman–Crippen LogP) is 9.08. The van der Waals surface area contributed by atoms with Gasteiger partial charge in [-0.05, 0) is 68.5 Å². The zero-order valence-corrected chi connectivity index (χ0v) is 24.2. The van der Waals surface area contributed by atoms with Crippen molar-refractivity contribution in [2.45, 2.75) is 117 Å². The molecule has 0 spiro atoms. The highest BCUT2D eigenvalue weighted by molar-refractivity contribution is 5.72. The third kappa shape index (κ3) is 5.78. The van der Waals surface area contributed by atoms with Gasteiger partial charge in [0.25, 0.3) is 0 Å². The second-order valence-electron chi connectivity index (χ2n) is 11.7. The lowest BCUT2D eigenvalue weighted by atomic mass is 9.80. The van der Waals surface area contributed by atoms with Gasteiger partial charge in [-0.2, -0.15) is 0 Å². The zero-order valence-electron chi connectivity index (χ0n) is 24.2. The number of likely N-dealkylation sites (tertiary alicyclic amines) is 1. The minimum absolute atomic E-state index is 0.736. The summed E-state index contributed by atoms with van der Waals surface area (Å²) in [7, 11) is 0. The van der Waals surface area contributed by atoms with Crippen LogP contribution in [0.4, 0.5) is 0 Å². The van der Waals surface area contributed by atoms with Gasteiger partial charge in [-0.15, -0.1) is 0 Å². The summed E-state index contributed by atoms with van der Waals surface area (Å²) in [6, 6.07) is 18.6. The van der Waals surface area contributed by atoms with Crippen LogP contribution in [0.2, 0.25) is 0 Å². The molecule has 3 nitrogen and oxygen atoms in total. The van der Waals surface area contributed by atoms with Crippen molar-refractivity contribution in [1.29, 1.82) is 0 Å². The van der Waals surface area contributed by atoms with Crippen molar-refractivity contribution in [1.82, 2.24) is 14.5 Å². The van der Waals surface area contributed by atoms with Crippen LogP contribution in [0.15, 0.2) is 48.5 Å². The molecule has 3 heteroatoms. The highest BCUT2D eigenvalue weighted by Gasteiger charge is 2.33. The second-order valence-corrected chi connectivity index (χ2v) is 11.7. The van der Waals surface area contributed by atoms with Crippen molar-refractivity contribution in [3.05, 3.63) is 65.4 Å². The minimum Gasteiger partial charge on any atom is -0.326 e. The van der Waals surface area contributed by atoms with Gasteiger partial charge in [0.2, 0.25) is 0 Å². The van der Waals surface area contributed by atoms with Gasteiger partial charge in [-0.1, -0.05) is 101 Å². The number of nitrogens with zero attached hydrogens (tertiary/aromatic N) is 3. The van der Waals surface area contributed by atoms with Crippen molar-refractivity contribution < 1.29 is 0 Å². The van der Waals surface area contributed by atoms with Crippen LogP contribution in [0.5, 0.6) is 0 Å². The number of benzene rings is 2. The van der Waals surface area contributed by atoms with E-state index in [1.165, 1.54) is 110 Å². The van der Waals surface area contributed by atoms with Crippen LogP contribution in [0.1, 0.15) is 102 Å². The number of piperidine rings is 1. The average Bonchev–Trinajstić information content (AvgIpc) is 3.34. The Kier molecular flexibility index (Phi) is 9.38. The summed E-state index contributed by atoms with van der Waals surface area (Å²) in [5, 5.41) is 0. The molecule has 5 rings (SSSR count). The molecule has 1 aromatic heterocycles. The molecule has 1 saturated carbocycles. The van der Waals surface area contributed by atoms with E-state index < -0.39 is 0 Å². The molecule has 1 aliphatic carbocycles. The molecule has 1 unspecified atom stereocenters. The molecule has 3 aromatic rings. The fourth-order valence-electron chi connectivity index (χ4n) is 7.21. The van der Waals surface area contributed by atoms with E-state index in [2.05, 4.69) is 78.8 Å². The average molecular weight is 512 g/mol. The monoisotopic (exact) mass is 511 g/mol. The summed E-state index contributed by atoms with van der Waals surface area (Å²) in [4.78, 5) is 8.44. The Morgan fingerprint density at radius 2 is 1.50 bits per heavy atom. The van der Waals surface area contributed by atoms with E-state index in [-0.39, 0.29) is 0 Å². The zero-order chi connectivity index (χ0) is 26.3. The number of imidazole rings is 1. The Hall–Kier alpha value is -2.39. The maximum Gasteiger partial charge on any atom is 0.141 e. The number of aryl methyl sites for hydroxylation is 2. The highest BCUT2D eigenvalue weighted by Crippen LogP contribution is 2.38. The molecule has 2 aromatic carbocycles. The van der Waals surface area contributed by atoms with Gasteiger partial charge in [0, 0.05) is 30.3 Å². The van der Waals surface area contributed by atoms with Crippen LogP contribution in [0.3, 0.4) is 0 Å². The van der Waals surface area contributed by atoms with Crippen molar-refractivity contribution in [3.8, 4) is 22.6 Å². The molecule has 0 radical (unpaired) electrons. The molecule has 2 fully saturated rings. The van der Waals surface area contributed by atoms with Crippen LogP contribution < -0.4 is 0 Å². The Morgan fingerprint density at radius 3 is 2.18 bits per heavy atom. The van der Waals surface area contributed by atoms with Crippen molar-refractivity contribution >= 4 is 0 Å². The quantitative estimate of drug-likeness (QED) is 0.271. The lowest BCUT2D eigenvalue weighted by molar-refractivity contribution is 0.0728. The van der Waals surface area contributed by atoms with Gasteiger partial charge in [-0.3, -0.25) is 4.90 Å². The van der Waals surface area contributed by atoms with Crippen molar-refractivity contribution in [2.75, 3.05) is 6.54 Å². The molecule has 204 valence electrons. The first kappa shape index (κ1) is 27.2. The summed E-state index contributed by atoms with van der Waals surface area (Å²) in [6.07, 6.45) is 15.7. The molecule has 1 atom stereocenters. The largest absolute Gasteiger partial charge is 0.326 e. The molecular weight excluding hydrogens is 462 g/mol. The second kappa shape index (κ2) is 13.1.